The van der Waals surface area contributed by atoms with E-state index in [0.717, 1.165) is 11.1 Å². The van der Waals surface area contributed by atoms with E-state index in [4.69, 9.17) is 19.4 Å². The highest BCUT2D eigenvalue weighted by Gasteiger charge is 2.36. The maximum atomic E-state index is 12.3. The molecule has 0 bridgehead atoms. The van der Waals surface area contributed by atoms with Crippen LogP contribution in [0.3, 0.4) is 0 Å². The molecule has 0 saturated carbocycles. The fourth-order valence-electron chi connectivity index (χ4n) is 3.89. The van der Waals surface area contributed by atoms with Crippen LogP contribution in [0.25, 0.3) is 0 Å². The molecule has 1 aliphatic carbocycles. The predicted octanol–water partition coefficient (Wildman–Crippen LogP) is 4.98. The molecule has 0 aromatic heterocycles. The fraction of sp³-hybridized carbons (Fsp3) is 0.480. The van der Waals surface area contributed by atoms with E-state index in [9.17, 15) is 26.4 Å². The summed E-state index contributed by atoms with van der Waals surface area (Å²) >= 11 is 0. The summed E-state index contributed by atoms with van der Waals surface area (Å²) in [5.74, 6) is -1.31. The standard InChI is InChI=1S/C25H30F3NO6S.ClH/c1-16(2)22(29)24(30)33-15-18-13-17-7-3-4-10-21(17)23(18)34-19-8-5-9-20(14-19)35-36(31,32)12-6-11-25(26,27)28;/h3-5,7-10,14,16,18,22-23H,6,11-13,15,29H2,1-2H3;1H/t18?,22-,23?;/m0./s1. The van der Waals surface area contributed by atoms with Crippen LogP contribution in [0.1, 0.15) is 43.9 Å². The summed E-state index contributed by atoms with van der Waals surface area (Å²) in [6.07, 6.45) is -6.13. The molecule has 2 unspecified atom stereocenters. The molecule has 12 heteroatoms. The number of halogens is 4. The number of alkyl halides is 3. The molecule has 0 saturated heterocycles. The van der Waals surface area contributed by atoms with Crippen molar-refractivity contribution in [2.45, 2.75) is 51.4 Å². The molecule has 1 aliphatic rings. The Morgan fingerprint density at radius 3 is 2.46 bits per heavy atom. The second kappa shape index (κ2) is 12.8. The summed E-state index contributed by atoms with van der Waals surface area (Å²) in [7, 11) is -4.22. The zero-order valence-electron chi connectivity index (χ0n) is 20.4. The van der Waals surface area contributed by atoms with Gasteiger partial charge in [0.25, 0.3) is 0 Å². The third-order valence-electron chi connectivity index (χ3n) is 5.85. The minimum atomic E-state index is -4.44. The molecule has 0 radical (unpaired) electrons. The minimum Gasteiger partial charge on any atom is -0.485 e. The van der Waals surface area contributed by atoms with E-state index in [1.54, 1.807) is 6.07 Å². The van der Waals surface area contributed by atoms with Crippen molar-refractivity contribution in [2.75, 3.05) is 12.4 Å². The van der Waals surface area contributed by atoms with E-state index in [2.05, 4.69) is 0 Å². The summed E-state index contributed by atoms with van der Waals surface area (Å²) in [5.41, 5.74) is 7.83. The van der Waals surface area contributed by atoms with Crippen molar-refractivity contribution in [3.63, 3.8) is 0 Å². The Morgan fingerprint density at radius 1 is 1.11 bits per heavy atom. The third kappa shape index (κ3) is 9.08. The van der Waals surface area contributed by atoms with Gasteiger partial charge >= 0.3 is 22.3 Å². The van der Waals surface area contributed by atoms with Crippen LogP contribution >= 0.6 is 12.4 Å². The van der Waals surface area contributed by atoms with Crippen LogP contribution in [0.2, 0.25) is 0 Å². The summed E-state index contributed by atoms with van der Waals surface area (Å²) in [4.78, 5) is 12.3. The lowest BCUT2D eigenvalue weighted by molar-refractivity contribution is -0.148. The van der Waals surface area contributed by atoms with Crippen molar-refractivity contribution >= 4 is 28.5 Å². The van der Waals surface area contributed by atoms with E-state index >= 15 is 0 Å². The van der Waals surface area contributed by atoms with Gasteiger partial charge in [0.05, 0.1) is 12.4 Å². The van der Waals surface area contributed by atoms with Crippen LogP contribution in [-0.4, -0.2) is 39.0 Å². The van der Waals surface area contributed by atoms with Gasteiger partial charge in [0, 0.05) is 18.4 Å². The Morgan fingerprint density at radius 2 is 1.78 bits per heavy atom. The number of hydrogen-bond acceptors (Lipinski definition) is 7. The van der Waals surface area contributed by atoms with Gasteiger partial charge in [0.2, 0.25) is 0 Å². The van der Waals surface area contributed by atoms with Crippen LogP contribution in [0, 0.1) is 11.8 Å². The molecule has 2 N–H and O–H groups in total. The molecule has 3 rings (SSSR count). The largest absolute Gasteiger partial charge is 0.485 e. The lowest BCUT2D eigenvalue weighted by Crippen LogP contribution is -2.38. The van der Waals surface area contributed by atoms with Crippen molar-refractivity contribution in [3.8, 4) is 11.5 Å². The molecule has 2 aromatic carbocycles. The number of hydrogen-bond donors (Lipinski definition) is 1. The molecule has 0 heterocycles. The number of carbonyl (C=O) groups is 1. The maximum Gasteiger partial charge on any atom is 0.389 e. The molecule has 37 heavy (non-hydrogen) atoms. The zero-order valence-corrected chi connectivity index (χ0v) is 22.1. The lowest BCUT2D eigenvalue weighted by atomic mass is 10.0. The van der Waals surface area contributed by atoms with Crippen LogP contribution in [0.15, 0.2) is 48.5 Å². The molecule has 0 fully saturated rings. The Bertz CT molecular complexity index is 1160. The molecule has 3 atom stereocenters. The van der Waals surface area contributed by atoms with Gasteiger partial charge in [-0.05, 0) is 42.0 Å². The van der Waals surface area contributed by atoms with Crippen LogP contribution < -0.4 is 14.7 Å². The maximum absolute atomic E-state index is 12.3. The van der Waals surface area contributed by atoms with Gasteiger partial charge in [-0.2, -0.15) is 21.6 Å². The number of esters is 1. The summed E-state index contributed by atoms with van der Waals surface area (Å²) in [6, 6.07) is 12.8. The van der Waals surface area contributed by atoms with Gasteiger partial charge < -0.3 is 19.4 Å². The molecule has 0 amide bonds. The second-order valence-electron chi connectivity index (χ2n) is 9.14. The molecule has 0 spiro atoms. The first-order valence-electron chi connectivity index (χ1n) is 11.6. The Balaban J connectivity index is 0.00000481. The van der Waals surface area contributed by atoms with Gasteiger partial charge in [0.1, 0.15) is 23.6 Å². The molecule has 206 valence electrons. The summed E-state index contributed by atoms with van der Waals surface area (Å²) < 4.78 is 77.9. The van der Waals surface area contributed by atoms with Gasteiger partial charge in [-0.25, -0.2) is 0 Å². The molecule has 2 aromatic rings. The van der Waals surface area contributed by atoms with Gasteiger partial charge in [-0.15, -0.1) is 12.4 Å². The number of benzene rings is 2. The predicted molar refractivity (Wildman–Crippen MR) is 134 cm³/mol. The van der Waals surface area contributed by atoms with E-state index < -0.39 is 53.0 Å². The molecular formula is C25H31ClF3NO6S. The smallest absolute Gasteiger partial charge is 0.389 e. The molecule has 7 nitrogen and oxygen atoms in total. The Kier molecular flexibility index (Phi) is 10.7. The highest BCUT2D eigenvalue weighted by atomic mass is 35.5. The van der Waals surface area contributed by atoms with Crippen molar-refractivity contribution < 1.29 is 40.0 Å². The van der Waals surface area contributed by atoms with Gasteiger partial charge in [-0.1, -0.05) is 44.2 Å². The first-order valence-corrected chi connectivity index (χ1v) is 13.2. The number of fused-ring (bicyclic) bond motifs is 1. The van der Waals surface area contributed by atoms with Crippen LogP contribution in [0.5, 0.6) is 11.5 Å². The van der Waals surface area contributed by atoms with Gasteiger partial charge in [-0.3, -0.25) is 4.79 Å². The average molecular weight is 566 g/mol. The highest BCUT2D eigenvalue weighted by Crippen LogP contribution is 2.40. The quantitative estimate of drug-likeness (QED) is 0.303. The monoisotopic (exact) mass is 565 g/mol. The van der Waals surface area contributed by atoms with E-state index in [1.165, 1.54) is 18.2 Å². The molecular weight excluding hydrogens is 535 g/mol. The topological polar surface area (TPSA) is 105 Å². The zero-order chi connectivity index (χ0) is 26.5. The number of carbonyl (C=O) groups excluding carboxylic acids is 1. The second-order valence-corrected chi connectivity index (χ2v) is 10.8. The van der Waals surface area contributed by atoms with Crippen molar-refractivity contribution in [3.05, 3.63) is 59.7 Å². The average Bonchev–Trinajstić information content (AvgIpc) is 3.13. The normalized spacial score (nSPS) is 18.0. The molecule has 0 aliphatic heterocycles. The summed E-state index contributed by atoms with van der Waals surface area (Å²) in [5, 5.41) is 0. The van der Waals surface area contributed by atoms with Crippen molar-refractivity contribution in [1.29, 1.82) is 0 Å². The van der Waals surface area contributed by atoms with Crippen LogP contribution in [0.4, 0.5) is 13.2 Å². The SMILES string of the molecule is CC(C)[C@H](N)C(=O)OCC1Cc2ccccc2C1Oc1cccc(OS(=O)(=O)CCCC(F)(F)F)c1.Cl. The Hall–Kier alpha value is -2.50. The minimum absolute atomic E-state index is 0. The number of rotatable bonds is 11. The van der Waals surface area contributed by atoms with E-state index in [1.807, 2.05) is 38.1 Å². The first-order chi connectivity index (χ1) is 16.8. The van der Waals surface area contributed by atoms with E-state index in [-0.39, 0.29) is 36.6 Å². The van der Waals surface area contributed by atoms with E-state index in [0.29, 0.717) is 12.2 Å². The lowest BCUT2D eigenvalue weighted by Gasteiger charge is -2.23. The number of nitrogens with two attached hydrogens (primary N) is 1. The van der Waals surface area contributed by atoms with Crippen LogP contribution in [-0.2, 0) is 26.1 Å². The fourth-order valence-corrected chi connectivity index (χ4v) is 4.87. The van der Waals surface area contributed by atoms with Crippen molar-refractivity contribution in [2.24, 2.45) is 17.6 Å². The summed E-state index contributed by atoms with van der Waals surface area (Å²) in [6.45, 7) is 3.74. The Labute approximate surface area is 221 Å². The number of ether oxygens (including phenoxy) is 2. The van der Waals surface area contributed by atoms with Gasteiger partial charge in [0.15, 0.2) is 0 Å². The highest BCUT2D eigenvalue weighted by molar-refractivity contribution is 7.87. The third-order valence-corrected chi connectivity index (χ3v) is 7.08. The van der Waals surface area contributed by atoms with Crippen molar-refractivity contribution in [1.82, 2.24) is 0 Å². The first kappa shape index (κ1) is 30.7.